The topological polar surface area (TPSA) is 47.0 Å². The highest BCUT2D eigenvalue weighted by Crippen LogP contribution is 2.29. The zero-order chi connectivity index (χ0) is 13.2. The van der Waals surface area contributed by atoms with Crippen molar-refractivity contribution in [2.75, 3.05) is 12.4 Å². The summed E-state index contributed by atoms with van der Waals surface area (Å²) >= 11 is 3.33. The van der Waals surface area contributed by atoms with Crippen LogP contribution in [0.25, 0.3) is 10.2 Å². The summed E-state index contributed by atoms with van der Waals surface area (Å²) in [6, 6.07) is 5.91. The van der Waals surface area contributed by atoms with Gasteiger partial charge in [-0.25, -0.2) is 9.97 Å². The van der Waals surface area contributed by atoms with Crippen molar-refractivity contribution in [3.8, 4) is 5.75 Å². The number of anilines is 1. The molecule has 0 aliphatic carbocycles. The summed E-state index contributed by atoms with van der Waals surface area (Å²) < 4.78 is 6.34. The Balaban J connectivity index is 1.77. The van der Waals surface area contributed by atoms with Crippen LogP contribution in [0.15, 0.2) is 24.4 Å². The van der Waals surface area contributed by atoms with Gasteiger partial charge in [0.2, 0.25) is 0 Å². The minimum atomic E-state index is 0.718. The van der Waals surface area contributed by atoms with E-state index in [2.05, 4.69) is 22.2 Å². The van der Waals surface area contributed by atoms with Crippen molar-refractivity contribution in [2.24, 2.45) is 0 Å². The van der Waals surface area contributed by atoms with Crippen LogP contribution in [0.4, 0.5) is 5.13 Å². The Morgan fingerprint density at radius 3 is 2.95 bits per heavy atom. The van der Waals surface area contributed by atoms with E-state index >= 15 is 0 Å². The van der Waals surface area contributed by atoms with Crippen molar-refractivity contribution in [3.05, 3.63) is 34.3 Å². The van der Waals surface area contributed by atoms with E-state index in [9.17, 15) is 0 Å². The monoisotopic (exact) mass is 291 g/mol. The predicted molar refractivity (Wildman–Crippen MR) is 80.3 cm³/mol. The van der Waals surface area contributed by atoms with E-state index in [0.29, 0.717) is 0 Å². The van der Waals surface area contributed by atoms with Crippen LogP contribution < -0.4 is 10.1 Å². The Morgan fingerprint density at radius 1 is 1.32 bits per heavy atom. The normalized spacial score (nSPS) is 10.8. The van der Waals surface area contributed by atoms with E-state index in [1.165, 1.54) is 4.88 Å². The summed E-state index contributed by atoms with van der Waals surface area (Å²) in [6.45, 7) is 2.78. The lowest BCUT2D eigenvalue weighted by Gasteiger charge is -1.97. The summed E-state index contributed by atoms with van der Waals surface area (Å²) in [6.07, 6.45) is 1.89. The minimum Gasteiger partial charge on any atom is -0.497 e. The van der Waals surface area contributed by atoms with Gasteiger partial charge in [-0.2, -0.15) is 0 Å². The van der Waals surface area contributed by atoms with Crippen LogP contribution in [0.5, 0.6) is 5.75 Å². The number of hydrogen-bond acceptors (Lipinski definition) is 6. The molecule has 98 valence electrons. The first-order chi connectivity index (χ1) is 9.24. The van der Waals surface area contributed by atoms with E-state index < -0.39 is 0 Å². The quantitative estimate of drug-likeness (QED) is 0.796. The van der Waals surface area contributed by atoms with Crippen LogP contribution in [-0.2, 0) is 6.54 Å². The van der Waals surface area contributed by atoms with E-state index in [1.807, 2.05) is 24.4 Å². The number of nitrogens with zero attached hydrogens (tertiary/aromatic N) is 2. The molecule has 0 bridgehead atoms. The first-order valence-corrected chi connectivity index (χ1v) is 7.47. The van der Waals surface area contributed by atoms with Gasteiger partial charge in [-0.15, -0.1) is 11.3 Å². The number of nitrogens with one attached hydrogen (secondary N) is 1. The van der Waals surface area contributed by atoms with Gasteiger partial charge in [-0.1, -0.05) is 11.3 Å². The predicted octanol–water partition coefficient (Wildman–Crippen LogP) is 3.68. The van der Waals surface area contributed by atoms with E-state index in [0.717, 1.165) is 32.7 Å². The molecular formula is C13H13N3OS2. The van der Waals surface area contributed by atoms with Gasteiger partial charge in [0.05, 0.1) is 23.9 Å². The Bertz CT molecular complexity index is 705. The number of thiazole rings is 2. The highest BCUT2D eigenvalue weighted by Gasteiger charge is 2.05. The summed E-state index contributed by atoms with van der Waals surface area (Å²) in [5, 5.41) is 5.31. The zero-order valence-corrected chi connectivity index (χ0v) is 12.3. The number of rotatable bonds is 4. The highest BCUT2D eigenvalue weighted by molar-refractivity contribution is 7.22. The molecule has 2 aromatic heterocycles. The van der Waals surface area contributed by atoms with Crippen molar-refractivity contribution in [1.82, 2.24) is 9.97 Å². The smallest absolute Gasteiger partial charge is 0.184 e. The third-order valence-corrected chi connectivity index (χ3v) is 4.54. The number of benzene rings is 1. The minimum absolute atomic E-state index is 0.718. The number of hydrogen-bond donors (Lipinski definition) is 1. The SMILES string of the molecule is COc1ccc2nc(NCc3ncc(C)s3)sc2c1. The second-order valence-corrected chi connectivity index (χ2v) is 6.42. The first kappa shape index (κ1) is 12.4. The van der Waals surface area contributed by atoms with Crippen LogP contribution in [0.3, 0.4) is 0 Å². The number of fused-ring (bicyclic) bond motifs is 1. The third kappa shape index (κ3) is 2.69. The van der Waals surface area contributed by atoms with Gasteiger partial charge in [0.1, 0.15) is 10.8 Å². The molecule has 2 heterocycles. The number of aryl methyl sites for hydroxylation is 1. The zero-order valence-electron chi connectivity index (χ0n) is 10.6. The molecule has 0 saturated carbocycles. The number of aromatic nitrogens is 2. The fraction of sp³-hybridized carbons (Fsp3) is 0.231. The van der Waals surface area contributed by atoms with Crippen LogP contribution in [0.1, 0.15) is 9.88 Å². The third-order valence-electron chi connectivity index (χ3n) is 2.66. The Morgan fingerprint density at radius 2 is 2.21 bits per heavy atom. The molecule has 19 heavy (non-hydrogen) atoms. The maximum atomic E-state index is 5.21. The molecular weight excluding hydrogens is 278 g/mol. The number of ether oxygens (including phenoxy) is 1. The summed E-state index contributed by atoms with van der Waals surface area (Å²) in [5.74, 6) is 0.859. The average Bonchev–Trinajstić information content (AvgIpc) is 3.01. The van der Waals surface area contributed by atoms with Crippen molar-refractivity contribution in [2.45, 2.75) is 13.5 Å². The van der Waals surface area contributed by atoms with Gasteiger partial charge in [0.25, 0.3) is 0 Å². The van der Waals surface area contributed by atoms with Crippen molar-refractivity contribution >= 4 is 38.0 Å². The molecule has 3 aromatic rings. The molecule has 0 saturated heterocycles. The van der Waals surface area contributed by atoms with Gasteiger partial charge >= 0.3 is 0 Å². The van der Waals surface area contributed by atoms with Gasteiger partial charge in [0.15, 0.2) is 5.13 Å². The maximum Gasteiger partial charge on any atom is 0.184 e. The average molecular weight is 291 g/mol. The maximum absolute atomic E-state index is 5.21. The molecule has 0 fully saturated rings. The highest BCUT2D eigenvalue weighted by atomic mass is 32.1. The lowest BCUT2D eigenvalue weighted by atomic mass is 10.3. The molecule has 0 atom stereocenters. The number of methoxy groups -OCH3 is 1. The summed E-state index contributed by atoms with van der Waals surface area (Å²) in [5.41, 5.74) is 0.989. The lowest BCUT2D eigenvalue weighted by molar-refractivity contribution is 0.415. The Hall–Kier alpha value is -1.66. The molecule has 0 aliphatic heterocycles. The van der Waals surface area contributed by atoms with Gasteiger partial charge in [-0.05, 0) is 25.1 Å². The van der Waals surface area contributed by atoms with E-state index in [4.69, 9.17) is 4.74 Å². The largest absolute Gasteiger partial charge is 0.497 e. The Kier molecular flexibility index (Phi) is 3.35. The molecule has 0 amide bonds. The second kappa shape index (κ2) is 5.14. The molecule has 0 aliphatic rings. The molecule has 0 spiro atoms. The van der Waals surface area contributed by atoms with Gasteiger partial charge in [-0.3, -0.25) is 0 Å². The van der Waals surface area contributed by atoms with E-state index in [-0.39, 0.29) is 0 Å². The summed E-state index contributed by atoms with van der Waals surface area (Å²) in [4.78, 5) is 10.1. The van der Waals surface area contributed by atoms with Crippen LogP contribution >= 0.6 is 22.7 Å². The van der Waals surface area contributed by atoms with Crippen LogP contribution in [0, 0.1) is 6.92 Å². The molecule has 1 N–H and O–H groups in total. The van der Waals surface area contributed by atoms with Crippen molar-refractivity contribution in [3.63, 3.8) is 0 Å². The fourth-order valence-electron chi connectivity index (χ4n) is 1.74. The van der Waals surface area contributed by atoms with Crippen LogP contribution in [-0.4, -0.2) is 17.1 Å². The fourth-order valence-corrected chi connectivity index (χ4v) is 3.36. The molecule has 6 heteroatoms. The van der Waals surface area contributed by atoms with Crippen molar-refractivity contribution in [1.29, 1.82) is 0 Å². The van der Waals surface area contributed by atoms with E-state index in [1.54, 1.807) is 29.8 Å². The van der Waals surface area contributed by atoms with Crippen molar-refractivity contribution < 1.29 is 4.74 Å². The second-order valence-electron chi connectivity index (χ2n) is 4.07. The molecule has 0 unspecified atom stereocenters. The van der Waals surface area contributed by atoms with Gasteiger partial charge in [0, 0.05) is 11.1 Å². The first-order valence-electron chi connectivity index (χ1n) is 5.84. The van der Waals surface area contributed by atoms with Crippen LogP contribution in [0.2, 0.25) is 0 Å². The lowest BCUT2D eigenvalue weighted by Crippen LogP contribution is -1.97. The molecule has 0 radical (unpaired) electrons. The Labute approximate surface area is 119 Å². The van der Waals surface area contributed by atoms with Gasteiger partial charge < -0.3 is 10.1 Å². The summed E-state index contributed by atoms with van der Waals surface area (Å²) in [7, 11) is 1.67. The molecule has 3 rings (SSSR count). The standard InChI is InChI=1S/C13H13N3OS2/c1-8-6-14-12(18-8)7-15-13-16-10-4-3-9(17-2)5-11(10)19-13/h3-6H,7H2,1-2H3,(H,15,16). The molecule has 1 aromatic carbocycles. The molecule has 4 nitrogen and oxygen atoms in total.